The lowest BCUT2D eigenvalue weighted by Gasteiger charge is -2.31. The van der Waals surface area contributed by atoms with Crippen LogP contribution in [0.2, 0.25) is 0 Å². The first kappa shape index (κ1) is 15.1. The molecule has 1 fully saturated rings. The molecule has 0 amide bonds. The minimum atomic E-state index is -0.0945. The average Bonchev–Trinajstić information content (AvgIpc) is 3.10. The van der Waals surface area contributed by atoms with Gasteiger partial charge in [0.15, 0.2) is 5.82 Å². The van der Waals surface area contributed by atoms with Crippen molar-refractivity contribution in [3.8, 4) is 0 Å². The average molecular weight is 304 g/mol. The fourth-order valence-electron chi connectivity index (χ4n) is 2.86. The summed E-state index contributed by atoms with van der Waals surface area (Å²) in [6, 6.07) is 0. The zero-order chi connectivity index (χ0) is 15.6. The monoisotopic (exact) mass is 304 g/mol. The molecule has 22 heavy (non-hydrogen) atoms. The maximum Gasteiger partial charge on any atom is 0.232 e. The van der Waals surface area contributed by atoms with Crippen LogP contribution in [0.3, 0.4) is 0 Å². The third kappa shape index (κ3) is 3.71. The summed E-state index contributed by atoms with van der Waals surface area (Å²) in [7, 11) is 0. The molecular weight excluding hydrogens is 280 g/mol. The van der Waals surface area contributed by atoms with Crippen LogP contribution in [-0.4, -0.2) is 42.9 Å². The molecule has 0 radical (unpaired) electrons. The van der Waals surface area contributed by atoms with Crippen molar-refractivity contribution in [3.05, 3.63) is 24.4 Å². The quantitative estimate of drug-likeness (QED) is 0.858. The highest BCUT2D eigenvalue weighted by atomic mass is 16.5. The summed E-state index contributed by atoms with van der Waals surface area (Å²) in [5.41, 5.74) is -0.0945. The molecule has 1 aliphatic rings. The van der Waals surface area contributed by atoms with Gasteiger partial charge in [-0.1, -0.05) is 25.9 Å². The van der Waals surface area contributed by atoms with E-state index in [1.54, 1.807) is 12.7 Å². The number of piperidine rings is 1. The molecule has 0 saturated carbocycles. The first-order valence-electron chi connectivity index (χ1n) is 7.88. The molecule has 7 nitrogen and oxygen atoms in total. The van der Waals surface area contributed by atoms with Crippen LogP contribution >= 0.6 is 0 Å². The second-order valence-electron chi connectivity index (χ2n) is 7.13. The first-order valence-corrected chi connectivity index (χ1v) is 7.88. The maximum absolute atomic E-state index is 5.37. The van der Waals surface area contributed by atoms with Crippen LogP contribution < -0.4 is 0 Å². The van der Waals surface area contributed by atoms with Crippen molar-refractivity contribution in [1.29, 1.82) is 0 Å². The Morgan fingerprint density at radius 3 is 2.91 bits per heavy atom. The number of hydrogen-bond donors (Lipinski definition) is 0. The van der Waals surface area contributed by atoms with Crippen LogP contribution in [-0.2, 0) is 18.5 Å². The Morgan fingerprint density at radius 1 is 1.36 bits per heavy atom. The Balaban J connectivity index is 1.57. The summed E-state index contributed by atoms with van der Waals surface area (Å²) in [5.74, 6) is 2.09. The number of hydrogen-bond acceptors (Lipinski definition) is 6. The van der Waals surface area contributed by atoms with E-state index in [-0.39, 0.29) is 5.41 Å². The molecule has 1 saturated heterocycles. The van der Waals surface area contributed by atoms with E-state index >= 15 is 0 Å². The topological polar surface area (TPSA) is 72.9 Å². The predicted molar refractivity (Wildman–Crippen MR) is 81.0 cm³/mol. The van der Waals surface area contributed by atoms with Gasteiger partial charge in [0.25, 0.3) is 0 Å². The van der Waals surface area contributed by atoms with E-state index in [0.29, 0.717) is 11.8 Å². The highest BCUT2D eigenvalue weighted by Gasteiger charge is 2.25. The predicted octanol–water partition coefficient (Wildman–Crippen LogP) is 1.87. The molecule has 1 unspecified atom stereocenters. The summed E-state index contributed by atoms with van der Waals surface area (Å²) in [6.45, 7) is 10.1. The summed E-state index contributed by atoms with van der Waals surface area (Å²) >= 11 is 0. The van der Waals surface area contributed by atoms with E-state index in [1.807, 2.05) is 4.68 Å². The molecule has 0 aliphatic carbocycles. The smallest absolute Gasteiger partial charge is 0.232 e. The van der Waals surface area contributed by atoms with Crippen molar-refractivity contribution in [3.63, 3.8) is 0 Å². The van der Waals surface area contributed by atoms with Crippen LogP contribution in [0.15, 0.2) is 17.2 Å². The zero-order valence-corrected chi connectivity index (χ0v) is 13.6. The van der Waals surface area contributed by atoms with Crippen molar-refractivity contribution in [2.45, 2.75) is 52.1 Å². The second kappa shape index (κ2) is 6.16. The zero-order valence-electron chi connectivity index (χ0n) is 13.6. The van der Waals surface area contributed by atoms with Crippen molar-refractivity contribution in [2.24, 2.45) is 5.92 Å². The molecule has 2 aromatic rings. The fraction of sp³-hybridized carbons (Fsp3) is 0.733. The molecule has 0 spiro atoms. The lowest BCUT2D eigenvalue weighted by Crippen LogP contribution is -2.37. The minimum absolute atomic E-state index is 0.0945. The highest BCUT2D eigenvalue weighted by molar-refractivity contribution is 4.98. The second-order valence-corrected chi connectivity index (χ2v) is 7.13. The molecule has 3 rings (SSSR count). The summed E-state index contributed by atoms with van der Waals surface area (Å²) in [6.07, 6.45) is 5.81. The Bertz CT molecular complexity index is 585. The van der Waals surface area contributed by atoms with Crippen LogP contribution in [0.4, 0.5) is 0 Å². The lowest BCUT2D eigenvalue weighted by molar-refractivity contribution is 0.149. The van der Waals surface area contributed by atoms with Crippen LogP contribution in [0.25, 0.3) is 0 Å². The molecule has 1 aliphatic heterocycles. The third-order valence-electron chi connectivity index (χ3n) is 3.99. The van der Waals surface area contributed by atoms with Gasteiger partial charge in [-0.2, -0.15) is 10.1 Å². The van der Waals surface area contributed by atoms with Crippen molar-refractivity contribution < 1.29 is 4.52 Å². The molecule has 0 bridgehead atoms. The van der Waals surface area contributed by atoms with E-state index in [0.717, 1.165) is 32.0 Å². The van der Waals surface area contributed by atoms with E-state index in [9.17, 15) is 0 Å². The van der Waals surface area contributed by atoms with Gasteiger partial charge in [0.05, 0.1) is 6.54 Å². The van der Waals surface area contributed by atoms with Crippen molar-refractivity contribution in [1.82, 2.24) is 29.8 Å². The summed E-state index contributed by atoms with van der Waals surface area (Å²) in [5, 5.41) is 8.32. The normalized spacial score (nSPS) is 20.4. The molecule has 7 heteroatoms. The molecule has 3 heterocycles. The number of nitrogens with zero attached hydrogens (tertiary/aromatic N) is 6. The van der Waals surface area contributed by atoms with Gasteiger partial charge in [-0.3, -0.25) is 9.58 Å². The number of aromatic nitrogens is 5. The van der Waals surface area contributed by atoms with E-state index in [1.165, 1.54) is 12.8 Å². The van der Waals surface area contributed by atoms with Crippen LogP contribution in [0.5, 0.6) is 0 Å². The molecule has 2 aromatic heterocycles. The van der Waals surface area contributed by atoms with E-state index in [2.05, 4.69) is 45.9 Å². The summed E-state index contributed by atoms with van der Waals surface area (Å²) < 4.78 is 7.29. The standard InChI is InChI=1S/C15H24N6O/c1-15(2,3)14-18-13(19-22-14)9-20-6-4-5-12(7-20)8-21-11-16-10-17-21/h10-12H,4-9H2,1-3H3. The maximum atomic E-state index is 5.37. The van der Waals surface area contributed by atoms with Crippen LogP contribution in [0, 0.1) is 5.92 Å². The Hall–Kier alpha value is -1.76. The minimum Gasteiger partial charge on any atom is -0.339 e. The molecular formula is C15H24N6O. The van der Waals surface area contributed by atoms with Gasteiger partial charge in [-0.15, -0.1) is 0 Å². The Morgan fingerprint density at radius 2 is 2.23 bits per heavy atom. The third-order valence-corrected chi connectivity index (χ3v) is 3.99. The number of likely N-dealkylation sites (tertiary alicyclic amines) is 1. The first-order chi connectivity index (χ1) is 10.5. The van der Waals surface area contributed by atoms with Gasteiger partial charge in [0.2, 0.25) is 5.89 Å². The van der Waals surface area contributed by atoms with Gasteiger partial charge in [0, 0.05) is 18.5 Å². The van der Waals surface area contributed by atoms with Gasteiger partial charge in [-0.05, 0) is 25.3 Å². The SMILES string of the molecule is CC(C)(C)c1nc(CN2CCCC(Cn3cncn3)C2)no1. The molecule has 0 aromatic carbocycles. The van der Waals surface area contributed by atoms with Gasteiger partial charge < -0.3 is 4.52 Å². The molecule has 120 valence electrons. The fourth-order valence-corrected chi connectivity index (χ4v) is 2.86. The van der Waals surface area contributed by atoms with Gasteiger partial charge >= 0.3 is 0 Å². The Labute approximate surface area is 130 Å². The van der Waals surface area contributed by atoms with Gasteiger partial charge in [-0.25, -0.2) is 4.98 Å². The number of rotatable bonds is 4. The Kier molecular flexibility index (Phi) is 4.24. The highest BCUT2D eigenvalue weighted by Crippen LogP contribution is 2.22. The van der Waals surface area contributed by atoms with E-state index < -0.39 is 0 Å². The molecule has 1 atom stereocenters. The summed E-state index contributed by atoms with van der Waals surface area (Å²) in [4.78, 5) is 10.9. The van der Waals surface area contributed by atoms with Crippen molar-refractivity contribution >= 4 is 0 Å². The van der Waals surface area contributed by atoms with E-state index in [4.69, 9.17) is 4.52 Å². The molecule has 0 N–H and O–H groups in total. The van der Waals surface area contributed by atoms with Crippen molar-refractivity contribution in [2.75, 3.05) is 13.1 Å². The van der Waals surface area contributed by atoms with Gasteiger partial charge in [0.1, 0.15) is 12.7 Å². The van der Waals surface area contributed by atoms with Crippen LogP contribution in [0.1, 0.15) is 45.3 Å². The lowest BCUT2D eigenvalue weighted by atomic mass is 9.97. The largest absolute Gasteiger partial charge is 0.339 e.